The summed E-state index contributed by atoms with van der Waals surface area (Å²) in [5.41, 5.74) is 1.32. The van der Waals surface area contributed by atoms with E-state index in [0.29, 0.717) is 5.25 Å². The van der Waals surface area contributed by atoms with Gasteiger partial charge in [0.05, 0.1) is 0 Å². The zero-order valence-corrected chi connectivity index (χ0v) is 8.30. The fourth-order valence-corrected chi connectivity index (χ4v) is 1.49. The summed E-state index contributed by atoms with van der Waals surface area (Å²) >= 11 is 4.53. The van der Waals surface area contributed by atoms with Crippen molar-refractivity contribution in [3.05, 3.63) is 42.3 Å². The van der Waals surface area contributed by atoms with E-state index in [1.165, 1.54) is 5.56 Å². The van der Waals surface area contributed by atoms with Crippen molar-refractivity contribution in [3.8, 4) is 0 Å². The lowest BCUT2D eigenvalue weighted by atomic mass is 10.1. The number of benzene rings is 1. The Morgan fingerprint density at radius 3 is 2.58 bits per heavy atom. The number of hydrogen-bond donors (Lipinski definition) is 1. The SMILES string of the molecule is C[CH]CCC(S)c1ccccc1. The predicted molar refractivity (Wildman–Crippen MR) is 57.4 cm³/mol. The zero-order valence-electron chi connectivity index (χ0n) is 7.40. The molecule has 1 unspecified atom stereocenters. The highest BCUT2D eigenvalue weighted by Crippen LogP contribution is 2.24. The van der Waals surface area contributed by atoms with Crippen LogP contribution < -0.4 is 0 Å². The van der Waals surface area contributed by atoms with Crippen LogP contribution in [0.4, 0.5) is 0 Å². The van der Waals surface area contributed by atoms with E-state index in [2.05, 4.69) is 50.2 Å². The minimum absolute atomic E-state index is 0.391. The van der Waals surface area contributed by atoms with Crippen molar-refractivity contribution in [2.24, 2.45) is 0 Å². The fourth-order valence-electron chi connectivity index (χ4n) is 1.17. The molecule has 0 saturated heterocycles. The quantitative estimate of drug-likeness (QED) is 0.670. The Balaban J connectivity index is 2.48. The molecule has 1 rings (SSSR count). The van der Waals surface area contributed by atoms with Gasteiger partial charge in [-0.3, -0.25) is 0 Å². The monoisotopic (exact) mass is 179 g/mol. The lowest BCUT2D eigenvalue weighted by molar-refractivity contribution is 0.795. The molecule has 0 N–H and O–H groups in total. The standard InChI is InChI=1S/C11H15S/c1-2-3-9-11(12)10-7-5-4-6-8-10/h2,4-8,11-12H,3,9H2,1H3. The summed E-state index contributed by atoms with van der Waals surface area (Å²) in [6.45, 7) is 2.09. The van der Waals surface area contributed by atoms with Gasteiger partial charge in [-0.2, -0.15) is 12.6 Å². The molecule has 0 bridgehead atoms. The Hall–Kier alpha value is -0.430. The average Bonchev–Trinajstić information content (AvgIpc) is 2.15. The topological polar surface area (TPSA) is 0 Å². The van der Waals surface area contributed by atoms with E-state index in [1.807, 2.05) is 6.07 Å². The predicted octanol–water partition coefficient (Wildman–Crippen LogP) is 3.66. The van der Waals surface area contributed by atoms with Gasteiger partial charge in [0.2, 0.25) is 0 Å². The number of unbranched alkanes of at least 4 members (excludes halogenated alkanes) is 1. The van der Waals surface area contributed by atoms with Crippen LogP contribution in [0, 0.1) is 6.42 Å². The van der Waals surface area contributed by atoms with E-state index in [4.69, 9.17) is 0 Å². The largest absolute Gasteiger partial charge is 0.171 e. The van der Waals surface area contributed by atoms with Gasteiger partial charge in [0.1, 0.15) is 0 Å². The summed E-state index contributed by atoms with van der Waals surface area (Å²) in [7, 11) is 0. The molecule has 0 aliphatic heterocycles. The molecule has 1 heteroatoms. The first-order chi connectivity index (χ1) is 5.84. The number of rotatable bonds is 4. The van der Waals surface area contributed by atoms with Crippen LogP contribution in [0.3, 0.4) is 0 Å². The van der Waals surface area contributed by atoms with Crippen LogP contribution >= 0.6 is 12.6 Å². The molecule has 12 heavy (non-hydrogen) atoms. The molecule has 0 amide bonds. The highest BCUT2D eigenvalue weighted by molar-refractivity contribution is 7.80. The van der Waals surface area contributed by atoms with Gasteiger partial charge in [0.15, 0.2) is 0 Å². The molecule has 65 valence electrons. The molecule has 0 aliphatic carbocycles. The zero-order chi connectivity index (χ0) is 8.81. The van der Waals surface area contributed by atoms with Gasteiger partial charge in [0, 0.05) is 5.25 Å². The van der Waals surface area contributed by atoms with E-state index >= 15 is 0 Å². The number of hydrogen-bond acceptors (Lipinski definition) is 1. The molecule has 1 aromatic rings. The smallest absolute Gasteiger partial charge is 0.0267 e. The van der Waals surface area contributed by atoms with Crippen LogP contribution in [0.5, 0.6) is 0 Å². The van der Waals surface area contributed by atoms with Gasteiger partial charge in [-0.15, -0.1) is 0 Å². The van der Waals surface area contributed by atoms with Gasteiger partial charge in [-0.1, -0.05) is 37.3 Å². The minimum Gasteiger partial charge on any atom is -0.171 e. The van der Waals surface area contributed by atoms with E-state index in [9.17, 15) is 0 Å². The first-order valence-corrected chi connectivity index (χ1v) is 4.87. The molecule has 0 heterocycles. The normalized spacial score (nSPS) is 12.8. The maximum absolute atomic E-state index is 4.53. The first kappa shape index (κ1) is 9.66. The van der Waals surface area contributed by atoms with Crippen molar-refractivity contribution in [2.75, 3.05) is 0 Å². The van der Waals surface area contributed by atoms with Crippen LogP contribution in [0.2, 0.25) is 0 Å². The maximum atomic E-state index is 4.53. The highest BCUT2D eigenvalue weighted by Gasteiger charge is 2.03. The average molecular weight is 179 g/mol. The Labute approximate surface area is 80.4 Å². The fraction of sp³-hybridized carbons (Fsp3) is 0.364. The highest BCUT2D eigenvalue weighted by atomic mass is 32.1. The van der Waals surface area contributed by atoms with E-state index < -0.39 is 0 Å². The molecule has 0 spiro atoms. The summed E-state index contributed by atoms with van der Waals surface area (Å²) in [6.07, 6.45) is 4.46. The van der Waals surface area contributed by atoms with Crippen molar-refractivity contribution in [1.82, 2.24) is 0 Å². The lowest BCUT2D eigenvalue weighted by Gasteiger charge is -2.09. The lowest BCUT2D eigenvalue weighted by Crippen LogP contribution is -1.89. The van der Waals surface area contributed by atoms with Crippen LogP contribution in [0.1, 0.15) is 30.6 Å². The van der Waals surface area contributed by atoms with Crippen molar-refractivity contribution in [3.63, 3.8) is 0 Å². The van der Waals surface area contributed by atoms with Gasteiger partial charge < -0.3 is 0 Å². The molecule has 0 fully saturated rings. The Morgan fingerprint density at radius 1 is 1.33 bits per heavy atom. The summed E-state index contributed by atoms with van der Waals surface area (Å²) in [5.74, 6) is 0. The molecule has 1 radical (unpaired) electrons. The Kier molecular flexibility index (Phi) is 4.23. The summed E-state index contributed by atoms with van der Waals surface area (Å²) in [4.78, 5) is 0. The van der Waals surface area contributed by atoms with Gasteiger partial charge in [0.25, 0.3) is 0 Å². The summed E-state index contributed by atoms with van der Waals surface area (Å²) in [5, 5.41) is 0.391. The van der Waals surface area contributed by atoms with Gasteiger partial charge in [-0.05, 0) is 24.8 Å². The molecule has 0 saturated carbocycles. The molecule has 1 aromatic carbocycles. The van der Waals surface area contributed by atoms with Crippen molar-refractivity contribution in [1.29, 1.82) is 0 Å². The van der Waals surface area contributed by atoms with E-state index in [1.54, 1.807) is 0 Å². The molecule has 0 aliphatic rings. The summed E-state index contributed by atoms with van der Waals surface area (Å²) < 4.78 is 0. The first-order valence-electron chi connectivity index (χ1n) is 4.35. The summed E-state index contributed by atoms with van der Waals surface area (Å²) in [6, 6.07) is 10.4. The second-order valence-corrected chi connectivity index (χ2v) is 3.54. The second kappa shape index (κ2) is 5.26. The van der Waals surface area contributed by atoms with Gasteiger partial charge >= 0.3 is 0 Å². The van der Waals surface area contributed by atoms with Crippen LogP contribution in [0.15, 0.2) is 30.3 Å². The number of thiol groups is 1. The van der Waals surface area contributed by atoms with E-state index in [0.717, 1.165) is 12.8 Å². The molecule has 0 aromatic heterocycles. The molecule has 0 nitrogen and oxygen atoms in total. The van der Waals surface area contributed by atoms with E-state index in [-0.39, 0.29) is 0 Å². The van der Waals surface area contributed by atoms with Crippen LogP contribution in [-0.2, 0) is 0 Å². The van der Waals surface area contributed by atoms with Crippen LogP contribution in [-0.4, -0.2) is 0 Å². The third kappa shape index (κ3) is 2.90. The van der Waals surface area contributed by atoms with Crippen LogP contribution in [0.25, 0.3) is 0 Å². The van der Waals surface area contributed by atoms with Crippen molar-refractivity contribution >= 4 is 12.6 Å². The minimum atomic E-state index is 0.391. The molecule has 1 atom stereocenters. The second-order valence-electron chi connectivity index (χ2n) is 2.91. The van der Waals surface area contributed by atoms with Crippen molar-refractivity contribution < 1.29 is 0 Å². The Morgan fingerprint density at radius 2 is 2.00 bits per heavy atom. The Bertz CT molecular complexity index is 206. The third-order valence-electron chi connectivity index (χ3n) is 1.91. The van der Waals surface area contributed by atoms with Crippen molar-refractivity contribution in [2.45, 2.75) is 25.0 Å². The third-order valence-corrected chi connectivity index (χ3v) is 2.47. The van der Waals surface area contributed by atoms with Gasteiger partial charge in [-0.25, -0.2) is 0 Å². The molecular weight excluding hydrogens is 164 g/mol. The molecular formula is C11H15S. The maximum Gasteiger partial charge on any atom is 0.0267 e.